The van der Waals surface area contributed by atoms with Crippen molar-refractivity contribution in [3.8, 4) is 17.1 Å². The van der Waals surface area contributed by atoms with Gasteiger partial charge in [0.1, 0.15) is 5.82 Å². The van der Waals surface area contributed by atoms with Gasteiger partial charge >= 0.3 is 0 Å². The first-order valence-corrected chi connectivity index (χ1v) is 7.74. The Morgan fingerprint density at radius 2 is 2.12 bits per heavy atom. The second-order valence-electron chi connectivity index (χ2n) is 5.15. The van der Waals surface area contributed by atoms with E-state index in [2.05, 4.69) is 20.3 Å². The van der Waals surface area contributed by atoms with Gasteiger partial charge in [0.05, 0.1) is 30.1 Å². The van der Waals surface area contributed by atoms with Crippen molar-refractivity contribution < 1.29 is 13.9 Å². The molecule has 0 aliphatic heterocycles. The highest BCUT2D eigenvalue weighted by Crippen LogP contribution is 2.30. The highest BCUT2D eigenvalue weighted by molar-refractivity contribution is 6.30. The second kappa shape index (κ2) is 7.32. The fourth-order valence-corrected chi connectivity index (χ4v) is 2.41. The van der Waals surface area contributed by atoms with Crippen LogP contribution in [0.25, 0.3) is 11.4 Å². The molecule has 3 N–H and O–H groups in total. The summed E-state index contributed by atoms with van der Waals surface area (Å²) in [6, 6.07) is 5.64. The van der Waals surface area contributed by atoms with Gasteiger partial charge in [0.15, 0.2) is 17.4 Å². The van der Waals surface area contributed by atoms with Crippen LogP contribution in [0.3, 0.4) is 0 Å². The summed E-state index contributed by atoms with van der Waals surface area (Å²) in [5.74, 6) is -0.557. The van der Waals surface area contributed by atoms with Gasteiger partial charge in [0.25, 0.3) is 5.91 Å². The number of primary amides is 1. The van der Waals surface area contributed by atoms with E-state index in [4.69, 9.17) is 22.1 Å². The first-order chi connectivity index (χ1) is 12.5. The van der Waals surface area contributed by atoms with Crippen LogP contribution in [0.1, 0.15) is 10.4 Å². The van der Waals surface area contributed by atoms with E-state index in [9.17, 15) is 9.18 Å². The number of methoxy groups -OCH3 is 1. The summed E-state index contributed by atoms with van der Waals surface area (Å²) in [4.78, 5) is 23.8. The third kappa shape index (κ3) is 3.55. The topological polar surface area (TPSA) is 103 Å². The predicted octanol–water partition coefficient (Wildman–Crippen LogP) is 3.18. The Bertz CT molecular complexity index is 983. The molecular formula is C17H13ClFN5O2. The van der Waals surface area contributed by atoms with Gasteiger partial charge in [-0.05, 0) is 24.3 Å². The van der Waals surface area contributed by atoms with Crippen LogP contribution < -0.4 is 15.8 Å². The van der Waals surface area contributed by atoms with Crippen molar-refractivity contribution in [1.82, 2.24) is 15.0 Å². The Morgan fingerprint density at radius 1 is 1.31 bits per heavy atom. The highest BCUT2D eigenvalue weighted by Gasteiger charge is 2.15. The minimum atomic E-state index is -0.658. The van der Waals surface area contributed by atoms with Crippen LogP contribution in [0.15, 0.2) is 42.9 Å². The minimum Gasteiger partial charge on any atom is -0.491 e. The van der Waals surface area contributed by atoms with Crippen LogP contribution >= 0.6 is 11.6 Å². The quantitative estimate of drug-likeness (QED) is 0.712. The van der Waals surface area contributed by atoms with Crippen molar-refractivity contribution in [2.45, 2.75) is 0 Å². The van der Waals surface area contributed by atoms with Crippen LogP contribution in [0.2, 0.25) is 5.02 Å². The van der Waals surface area contributed by atoms with Crippen molar-refractivity contribution in [1.29, 1.82) is 0 Å². The van der Waals surface area contributed by atoms with Crippen molar-refractivity contribution >= 4 is 29.0 Å². The van der Waals surface area contributed by atoms with Crippen LogP contribution in [-0.2, 0) is 0 Å². The third-order valence-electron chi connectivity index (χ3n) is 3.48. The Kier molecular flexibility index (Phi) is 4.94. The number of amides is 1. The largest absolute Gasteiger partial charge is 0.491 e. The summed E-state index contributed by atoms with van der Waals surface area (Å²) in [5.41, 5.74) is 6.03. The number of rotatable bonds is 5. The molecular weight excluding hydrogens is 361 g/mol. The third-order valence-corrected chi connectivity index (χ3v) is 3.72. The number of ether oxygens (including phenoxy) is 1. The summed E-state index contributed by atoms with van der Waals surface area (Å²) in [5, 5.41) is 3.29. The number of benzene rings is 1. The van der Waals surface area contributed by atoms with Gasteiger partial charge in [-0.1, -0.05) is 11.6 Å². The van der Waals surface area contributed by atoms with Crippen molar-refractivity contribution in [3.63, 3.8) is 0 Å². The van der Waals surface area contributed by atoms with Gasteiger partial charge in [-0.2, -0.15) is 0 Å². The van der Waals surface area contributed by atoms with E-state index in [0.29, 0.717) is 16.5 Å². The highest BCUT2D eigenvalue weighted by atomic mass is 35.5. The standard InChI is InChI=1S/C17H13ClFN5O2/c1-26-14-8-22-16(10-6-9(18)2-3-12(10)19)24-17(14)23-13-4-5-21-7-11(13)15(20)25/h2-8H,1H3,(H2,20,25)(H,21,22,23,24). The predicted molar refractivity (Wildman–Crippen MR) is 95.0 cm³/mol. The van der Waals surface area contributed by atoms with E-state index in [1.165, 1.54) is 43.9 Å². The van der Waals surface area contributed by atoms with Gasteiger partial charge in [0, 0.05) is 17.4 Å². The molecule has 0 bridgehead atoms. The van der Waals surface area contributed by atoms with Crippen molar-refractivity contribution in [3.05, 3.63) is 59.3 Å². The van der Waals surface area contributed by atoms with E-state index >= 15 is 0 Å². The van der Waals surface area contributed by atoms with Gasteiger partial charge in [-0.3, -0.25) is 9.78 Å². The number of nitrogens with two attached hydrogens (primary N) is 1. The van der Waals surface area contributed by atoms with Crippen LogP contribution in [-0.4, -0.2) is 28.0 Å². The average Bonchev–Trinajstić information content (AvgIpc) is 2.64. The zero-order valence-electron chi connectivity index (χ0n) is 13.5. The first kappa shape index (κ1) is 17.6. The van der Waals surface area contributed by atoms with E-state index in [0.717, 1.165) is 0 Å². The van der Waals surface area contributed by atoms with Gasteiger partial charge in [-0.15, -0.1) is 0 Å². The summed E-state index contributed by atoms with van der Waals surface area (Å²) >= 11 is 5.93. The Labute approximate surface area is 153 Å². The number of hydrogen-bond acceptors (Lipinski definition) is 6. The molecule has 0 saturated carbocycles. The summed E-state index contributed by atoms with van der Waals surface area (Å²) < 4.78 is 19.3. The fourth-order valence-electron chi connectivity index (χ4n) is 2.24. The number of halogens is 2. The number of pyridine rings is 1. The second-order valence-corrected chi connectivity index (χ2v) is 5.58. The molecule has 2 heterocycles. The van der Waals surface area contributed by atoms with Gasteiger partial charge in [-0.25, -0.2) is 14.4 Å². The minimum absolute atomic E-state index is 0.1000. The molecule has 3 aromatic rings. The van der Waals surface area contributed by atoms with E-state index in [1.807, 2.05) is 0 Å². The maximum atomic E-state index is 14.1. The number of aromatic nitrogens is 3. The van der Waals surface area contributed by atoms with Crippen molar-refractivity contribution in [2.75, 3.05) is 12.4 Å². The molecule has 1 aromatic carbocycles. The lowest BCUT2D eigenvalue weighted by Crippen LogP contribution is -2.14. The van der Waals surface area contributed by atoms with E-state index < -0.39 is 11.7 Å². The summed E-state index contributed by atoms with van der Waals surface area (Å²) in [6.07, 6.45) is 4.20. The summed E-state index contributed by atoms with van der Waals surface area (Å²) in [7, 11) is 1.44. The molecule has 26 heavy (non-hydrogen) atoms. The van der Waals surface area contributed by atoms with E-state index in [-0.39, 0.29) is 22.8 Å². The smallest absolute Gasteiger partial charge is 0.252 e. The molecule has 0 unspecified atom stereocenters. The number of nitrogens with one attached hydrogen (secondary N) is 1. The average molecular weight is 374 g/mol. The molecule has 0 fully saturated rings. The van der Waals surface area contributed by atoms with Gasteiger partial charge < -0.3 is 15.8 Å². The van der Waals surface area contributed by atoms with Crippen LogP contribution in [0.4, 0.5) is 15.9 Å². The zero-order valence-corrected chi connectivity index (χ0v) is 14.3. The lowest BCUT2D eigenvalue weighted by molar-refractivity contribution is 0.100. The van der Waals surface area contributed by atoms with Gasteiger partial charge in [0.2, 0.25) is 0 Å². The molecule has 0 aliphatic carbocycles. The lowest BCUT2D eigenvalue weighted by atomic mass is 10.2. The zero-order chi connectivity index (χ0) is 18.7. The maximum absolute atomic E-state index is 14.1. The lowest BCUT2D eigenvalue weighted by Gasteiger charge is -2.13. The SMILES string of the molecule is COc1cnc(-c2cc(Cl)ccc2F)nc1Nc1ccncc1C(N)=O. The Balaban J connectivity index is 2.07. The van der Waals surface area contributed by atoms with Crippen LogP contribution in [0.5, 0.6) is 5.75 Å². The van der Waals surface area contributed by atoms with Crippen molar-refractivity contribution in [2.24, 2.45) is 5.73 Å². The molecule has 0 atom stereocenters. The number of carbonyl (C=O) groups excluding carboxylic acids is 1. The number of carbonyl (C=O) groups is 1. The summed E-state index contributed by atoms with van der Waals surface area (Å²) in [6.45, 7) is 0. The molecule has 0 radical (unpaired) electrons. The van der Waals surface area contributed by atoms with Crippen LogP contribution in [0, 0.1) is 5.82 Å². The molecule has 0 aliphatic rings. The molecule has 3 rings (SSSR count). The molecule has 9 heteroatoms. The molecule has 0 spiro atoms. The maximum Gasteiger partial charge on any atom is 0.252 e. The number of hydrogen-bond donors (Lipinski definition) is 2. The molecule has 7 nitrogen and oxygen atoms in total. The Morgan fingerprint density at radius 3 is 2.85 bits per heavy atom. The molecule has 2 aromatic heterocycles. The molecule has 1 amide bonds. The number of anilines is 2. The normalized spacial score (nSPS) is 10.4. The molecule has 0 saturated heterocycles. The monoisotopic (exact) mass is 373 g/mol. The van der Waals surface area contributed by atoms with E-state index in [1.54, 1.807) is 6.07 Å². The Hall–Kier alpha value is -3.26. The number of nitrogens with zero attached hydrogens (tertiary/aromatic N) is 3. The molecule has 132 valence electrons. The first-order valence-electron chi connectivity index (χ1n) is 7.37. The fraction of sp³-hybridized carbons (Fsp3) is 0.0588.